The van der Waals surface area contributed by atoms with E-state index in [1.54, 1.807) is 0 Å². The summed E-state index contributed by atoms with van der Waals surface area (Å²) in [6.45, 7) is -1.26. The standard InChI is InChI=1S/C37H30BNO2/c1-5-16-29(17-6-1)36-37(30-18-7-2-8-19-30,31-20-9-3-10-21-31)41-38(32-22-11-4-12-23-32)39(36)27-34-33-24-14-13-15-28(33)25-26-35(34)40-38/h1-26,36,39H,27H2/t36-,38?/m1/s1. The molecular weight excluding hydrogens is 501 g/mol. The highest BCUT2D eigenvalue weighted by atomic mass is 16.6. The maximum Gasteiger partial charge on any atom is 0.556 e. The van der Waals surface area contributed by atoms with E-state index >= 15 is 0 Å². The van der Waals surface area contributed by atoms with Gasteiger partial charge in [0.1, 0.15) is 11.6 Å². The summed E-state index contributed by atoms with van der Waals surface area (Å²) in [4.78, 5) is 1.28. The molecule has 1 saturated heterocycles. The van der Waals surface area contributed by atoms with Gasteiger partial charge in [0.2, 0.25) is 0 Å². The second-order valence-corrected chi connectivity index (χ2v) is 11.2. The Balaban J connectivity index is 1.47. The molecule has 0 aliphatic carbocycles. The van der Waals surface area contributed by atoms with Crippen molar-refractivity contribution in [1.82, 2.24) is 0 Å². The van der Waals surface area contributed by atoms with E-state index in [1.807, 2.05) is 0 Å². The van der Waals surface area contributed by atoms with Gasteiger partial charge in [-0.05, 0) is 28.0 Å². The molecule has 2 aliphatic rings. The number of quaternary nitrogens is 1. The largest absolute Gasteiger partial charge is 0.637 e. The average molecular weight is 531 g/mol. The predicted octanol–water partition coefficient (Wildman–Crippen LogP) is 6.18. The molecule has 6 aromatic carbocycles. The minimum Gasteiger partial charge on any atom is -0.637 e. The minimum atomic E-state index is -2.03. The lowest BCUT2D eigenvalue weighted by atomic mass is 9.60. The first-order valence-corrected chi connectivity index (χ1v) is 14.4. The molecule has 0 spiro atoms. The van der Waals surface area contributed by atoms with Crippen LogP contribution in [0.25, 0.3) is 10.8 Å². The van der Waals surface area contributed by atoms with Gasteiger partial charge in [-0.1, -0.05) is 157 Å². The highest BCUT2D eigenvalue weighted by molar-refractivity contribution is 6.75. The second-order valence-electron chi connectivity index (χ2n) is 11.2. The summed E-state index contributed by atoms with van der Waals surface area (Å²) in [6, 6.07) is 55.7. The Morgan fingerprint density at radius 3 is 1.80 bits per heavy atom. The topological polar surface area (TPSA) is 22.9 Å². The number of rotatable bonds is 4. The molecule has 0 radical (unpaired) electrons. The van der Waals surface area contributed by atoms with E-state index in [4.69, 9.17) is 9.31 Å². The third kappa shape index (κ3) is 3.61. The first-order chi connectivity index (χ1) is 20.3. The lowest BCUT2D eigenvalue weighted by molar-refractivity contribution is -0.850. The molecule has 6 aromatic rings. The maximum atomic E-state index is 7.74. The van der Waals surface area contributed by atoms with Crippen LogP contribution >= 0.6 is 0 Å². The van der Waals surface area contributed by atoms with Gasteiger partial charge in [0.05, 0.1) is 12.3 Å². The Labute approximate surface area is 240 Å². The highest BCUT2D eigenvalue weighted by Crippen LogP contribution is 2.50. The summed E-state index contributed by atoms with van der Waals surface area (Å²) < 4.78 is 15.0. The van der Waals surface area contributed by atoms with Crippen molar-refractivity contribution < 1.29 is 14.1 Å². The zero-order chi connectivity index (χ0) is 27.3. The fourth-order valence-electron chi connectivity index (χ4n) is 7.37. The van der Waals surface area contributed by atoms with Gasteiger partial charge >= 0.3 is 6.69 Å². The van der Waals surface area contributed by atoms with E-state index in [1.165, 1.54) is 26.7 Å². The smallest absolute Gasteiger partial charge is 0.556 e. The average Bonchev–Trinajstić information content (AvgIpc) is 3.37. The number of hydrogen-bond donors (Lipinski definition) is 1. The molecule has 0 amide bonds. The van der Waals surface area contributed by atoms with Crippen LogP contribution in [0.15, 0.2) is 158 Å². The van der Waals surface area contributed by atoms with Gasteiger partial charge in [-0.3, -0.25) is 0 Å². The van der Waals surface area contributed by atoms with Crippen molar-refractivity contribution >= 4 is 22.9 Å². The van der Waals surface area contributed by atoms with Crippen LogP contribution < -0.4 is 14.9 Å². The molecule has 8 rings (SSSR count). The van der Waals surface area contributed by atoms with E-state index in [0.29, 0.717) is 0 Å². The fraction of sp³-hybridized carbons (Fsp3) is 0.0811. The van der Waals surface area contributed by atoms with Crippen LogP contribution in [-0.4, -0.2) is 6.69 Å². The lowest BCUT2D eigenvalue weighted by Gasteiger charge is -2.46. The van der Waals surface area contributed by atoms with Crippen LogP contribution in [0.4, 0.5) is 0 Å². The molecule has 1 fully saturated rings. The van der Waals surface area contributed by atoms with E-state index < -0.39 is 12.3 Å². The minimum absolute atomic E-state index is 0.0826. The maximum absolute atomic E-state index is 7.74. The second kappa shape index (κ2) is 9.48. The molecule has 4 heteroatoms. The van der Waals surface area contributed by atoms with E-state index in [9.17, 15) is 0 Å². The van der Waals surface area contributed by atoms with E-state index in [-0.39, 0.29) is 6.04 Å². The summed E-state index contributed by atoms with van der Waals surface area (Å²) in [7, 11) is 0. The van der Waals surface area contributed by atoms with Crippen LogP contribution in [0, 0.1) is 0 Å². The number of fused-ring (bicyclic) bond motifs is 4. The van der Waals surface area contributed by atoms with Crippen LogP contribution in [0.1, 0.15) is 28.3 Å². The monoisotopic (exact) mass is 531 g/mol. The summed E-state index contributed by atoms with van der Waals surface area (Å²) >= 11 is 0. The molecular formula is C37H30BNO2. The van der Waals surface area contributed by atoms with Gasteiger partial charge in [0.15, 0.2) is 0 Å². The Hall–Kier alpha value is -4.64. The molecule has 2 unspecified atom stereocenters. The summed E-state index contributed by atoms with van der Waals surface area (Å²) in [6.07, 6.45) is 0. The molecule has 0 saturated carbocycles. The SMILES string of the molecule is c1ccc([C@H]2[NH+]3Cc4c(ccc5ccccc45)O[B-]3(c3ccccc3)OC2(c2ccccc2)c2ccccc2)cc1. The third-order valence-electron chi connectivity index (χ3n) is 9.07. The Kier molecular flexibility index (Phi) is 5.59. The first kappa shape index (κ1) is 24.2. The Bertz CT molecular complexity index is 1790. The molecule has 2 aliphatic heterocycles. The quantitative estimate of drug-likeness (QED) is 0.275. The van der Waals surface area contributed by atoms with Crippen LogP contribution in [0.5, 0.6) is 5.75 Å². The van der Waals surface area contributed by atoms with Gasteiger partial charge in [0, 0.05) is 11.1 Å². The lowest BCUT2D eigenvalue weighted by Crippen LogP contribution is -3.24. The van der Waals surface area contributed by atoms with Gasteiger partial charge in [-0.2, -0.15) is 0 Å². The van der Waals surface area contributed by atoms with Crippen LogP contribution in [0.3, 0.4) is 0 Å². The number of hydrogen-bond acceptors (Lipinski definition) is 2. The van der Waals surface area contributed by atoms with Gasteiger partial charge in [-0.15, -0.1) is 0 Å². The normalized spacial score (nSPS) is 22.4. The molecule has 198 valence electrons. The van der Waals surface area contributed by atoms with Crippen molar-refractivity contribution in [2.75, 3.05) is 0 Å². The fourth-order valence-corrected chi connectivity index (χ4v) is 7.37. The van der Waals surface area contributed by atoms with Crippen molar-refractivity contribution in [2.45, 2.75) is 18.2 Å². The summed E-state index contributed by atoms with van der Waals surface area (Å²) in [5.41, 5.74) is 4.96. The van der Waals surface area contributed by atoms with Crippen LogP contribution in [0.2, 0.25) is 0 Å². The zero-order valence-electron chi connectivity index (χ0n) is 22.7. The van der Waals surface area contributed by atoms with Crippen molar-refractivity contribution in [2.24, 2.45) is 0 Å². The molecule has 1 N–H and O–H groups in total. The van der Waals surface area contributed by atoms with Gasteiger partial charge in [0.25, 0.3) is 0 Å². The Morgan fingerprint density at radius 2 is 1.15 bits per heavy atom. The number of benzene rings is 6. The molecule has 0 aromatic heterocycles. The van der Waals surface area contributed by atoms with Crippen molar-refractivity contribution in [1.29, 1.82) is 0 Å². The number of nitrogens with one attached hydrogen (secondary N) is 1. The third-order valence-corrected chi connectivity index (χ3v) is 9.07. The molecule has 0 bridgehead atoms. The van der Waals surface area contributed by atoms with Crippen molar-refractivity contribution in [3.05, 3.63) is 180 Å². The van der Waals surface area contributed by atoms with Crippen LogP contribution in [-0.2, 0) is 16.8 Å². The van der Waals surface area contributed by atoms with Gasteiger partial charge < -0.3 is 14.1 Å². The Morgan fingerprint density at radius 1 is 0.585 bits per heavy atom. The molecule has 2 heterocycles. The van der Waals surface area contributed by atoms with E-state index in [2.05, 4.69) is 158 Å². The summed E-state index contributed by atoms with van der Waals surface area (Å²) in [5.74, 6) is 0.903. The highest BCUT2D eigenvalue weighted by Gasteiger charge is 2.67. The molecule has 3 nitrogen and oxygen atoms in total. The van der Waals surface area contributed by atoms with E-state index in [0.717, 1.165) is 28.9 Å². The predicted molar refractivity (Wildman–Crippen MR) is 165 cm³/mol. The van der Waals surface area contributed by atoms with Crippen molar-refractivity contribution in [3.63, 3.8) is 0 Å². The van der Waals surface area contributed by atoms with Crippen molar-refractivity contribution in [3.8, 4) is 5.75 Å². The zero-order valence-corrected chi connectivity index (χ0v) is 22.7. The first-order valence-electron chi connectivity index (χ1n) is 14.4. The van der Waals surface area contributed by atoms with Gasteiger partial charge in [-0.25, -0.2) is 0 Å². The summed E-state index contributed by atoms with van der Waals surface area (Å²) in [5, 5.41) is 2.46. The molecule has 3 atom stereocenters. The molecule has 41 heavy (non-hydrogen) atoms.